The Morgan fingerprint density at radius 1 is 1.40 bits per heavy atom. The third-order valence-corrected chi connectivity index (χ3v) is 4.21. The summed E-state index contributed by atoms with van der Waals surface area (Å²) in [6, 6.07) is 0. The Hall–Kier alpha value is -1.85. The van der Waals surface area contributed by atoms with Gasteiger partial charge in [-0.1, -0.05) is 12.8 Å². The average molecular weight is 279 g/mol. The van der Waals surface area contributed by atoms with Crippen molar-refractivity contribution in [3.8, 4) is 0 Å². The summed E-state index contributed by atoms with van der Waals surface area (Å²) < 4.78 is 1.75. The van der Waals surface area contributed by atoms with Crippen molar-refractivity contribution in [2.75, 3.05) is 0 Å². The van der Waals surface area contributed by atoms with E-state index >= 15 is 0 Å². The molecule has 1 aromatic rings. The number of aliphatic carboxylic acids is 1. The smallest absolute Gasteiger partial charge is 0.307 e. The molecule has 1 amide bonds. The molecule has 0 saturated heterocycles. The first-order valence-corrected chi connectivity index (χ1v) is 6.98. The van der Waals surface area contributed by atoms with E-state index in [4.69, 9.17) is 0 Å². The van der Waals surface area contributed by atoms with E-state index in [0.717, 1.165) is 24.1 Å². The highest BCUT2D eigenvalue weighted by atomic mass is 16.4. The predicted molar refractivity (Wildman–Crippen MR) is 72.9 cm³/mol. The molecule has 1 aliphatic carbocycles. The van der Waals surface area contributed by atoms with Gasteiger partial charge in [0, 0.05) is 24.8 Å². The molecular weight excluding hydrogens is 258 g/mol. The Kier molecular flexibility index (Phi) is 4.42. The highest BCUT2D eigenvalue weighted by Gasteiger charge is 2.35. The first-order valence-electron chi connectivity index (χ1n) is 6.98. The van der Waals surface area contributed by atoms with Crippen LogP contribution in [-0.2, 0) is 23.2 Å². The minimum atomic E-state index is -0.859. The highest BCUT2D eigenvalue weighted by molar-refractivity contribution is 5.84. The average Bonchev–Trinajstić information content (AvgIpc) is 2.76. The molecule has 0 bridgehead atoms. The van der Waals surface area contributed by atoms with Crippen LogP contribution < -0.4 is 5.32 Å². The Morgan fingerprint density at radius 3 is 2.60 bits per heavy atom. The summed E-state index contributed by atoms with van der Waals surface area (Å²) in [4.78, 5) is 23.4. The van der Waals surface area contributed by atoms with Gasteiger partial charge in [-0.25, -0.2) is 0 Å². The van der Waals surface area contributed by atoms with Gasteiger partial charge in [-0.05, 0) is 19.8 Å². The lowest BCUT2D eigenvalue weighted by Crippen LogP contribution is -2.39. The largest absolute Gasteiger partial charge is 0.481 e. The fraction of sp³-hybridized carbons (Fsp3) is 0.643. The van der Waals surface area contributed by atoms with Crippen LogP contribution in [0.4, 0.5) is 0 Å². The van der Waals surface area contributed by atoms with Crippen molar-refractivity contribution in [2.45, 2.75) is 39.2 Å². The number of carboxylic acid groups (broad SMARTS) is 1. The minimum absolute atomic E-state index is 0.152. The zero-order valence-electron chi connectivity index (χ0n) is 11.9. The van der Waals surface area contributed by atoms with Gasteiger partial charge in [-0.2, -0.15) is 5.10 Å². The van der Waals surface area contributed by atoms with Crippen LogP contribution in [0, 0.1) is 18.8 Å². The van der Waals surface area contributed by atoms with Crippen LogP contribution in [0.3, 0.4) is 0 Å². The summed E-state index contributed by atoms with van der Waals surface area (Å²) >= 11 is 0. The van der Waals surface area contributed by atoms with E-state index in [1.54, 1.807) is 10.9 Å². The molecule has 1 aromatic heterocycles. The molecule has 0 unspecified atom stereocenters. The van der Waals surface area contributed by atoms with E-state index in [9.17, 15) is 14.7 Å². The number of carboxylic acids is 1. The van der Waals surface area contributed by atoms with E-state index in [1.165, 1.54) is 0 Å². The number of nitrogens with one attached hydrogen (secondary N) is 1. The number of nitrogens with zero attached hydrogens (tertiary/aromatic N) is 2. The second kappa shape index (κ2) is 6.07. The first kappa shape index (κ1) is 14.6. The lowest BCUT2D eigenvalue weighted by atomic mass is 9.78. The van der Waals surface area contributed by atoms with E-state index in [-0.39, 0.29) is 5.91 Å². The third-order valence-electron chi connectivity index (χ3n) is 4.21. The summed E-state index contributed by atoms with van der Waals surface area (Å²) in [5.74, 6) is -1.96. The van der Waals surface area contributed by atoms with Gasteiger partial charge in [-0.15, -0.1) is 0 Å². The normalized spacial score (nSPS) is 22.5. The SMILES string of the molecule is Cc1c(CNC(=O)[C@@H]2CCCC[C@H]2C(=O)O)cnn1C. The van der Waals surface area contributed by atoms with Crippen molar-refractivity contribution >= 4 is 11.9 Å². The molecule has 110 valence electrons. The van der Waals surface area contributed by atoms with Gasteiger partial charge in [0.05, 0.1) is 18.0 Å². The van der Waals surface area contributed by atoms with Gasteiger partial charge in [0.25, 0.3) is 0 Å². The number of amides is 1. The number of rotatable bonds is 4. The van der Waals surface area contributed by atoms with Gasteiger partial charge >= 0.3 is 5.97 Å². The molecule has 0 aliphatic heterocycles. The van der Waals surface area contributed by atoms with E-state index in [1.807, 2.05) is 14.0 Å². The second-order valence-corrected chi connectivity index (χ2v) is 5.43. The molecule has 1 saturated carbocycles. The number of hydrogen-bond acceptors (Lipinski definition) is 3. The van der Waals surface area contributed by atoms with Gasteiger partial charge < -0.3 is 10.4 Å². The van der Waals surface area contributed by atoms with Crippen molar-refractivity contribution in [1.82, 2.24) is 15.1 Å². The fourth-order valence-corrected chi connectivity index (χ4v) is 2.77. The molecule has 6 heteroatoms. The molecule has 1 heterocycles. The van der Waals surface area contributed by atoms with Crippen LogP contribution in [0.1, 0.15) is 36.9 Å². The van der Waals surface area contributed by atoms with Crippen LogP contribution in [0.2, 0.25) is 0 Å². The summed E-state index contributed by atoms with van der Waals surface area (Å²) in [5, 5.41) is 16.2. The number of carbonyl (C=O) groups excluding carboxylic acids is 1. The highest BCUT2D eigenvalue weighted by Crippen LogP contribution is 2.30. The van der Waals surface area contributed by atoms with Crippen LogP contribution in [-0.4, -0.2) is 26.8 Å². The summed E-state index contributed by atoms with van der Waals surface area (Å²) in [6.45, 7) is 2.34. The van der Waals surface area contributed by atoms with Crippen molar-refractivity contribution in [3.05, 3.63) is 17.5 Å². The molecule has 1 fully saturated rings. The maximum Gasteiger partial charge on any atom is 0.307 e. The Labute approximate surface area is 118 Å². The van der Waals surface area contributed by atoms with Crippen LogP contribution in [0.15, 0.2) is 6.20 Å². The molecule has 0 spiro atoms. The summed E-state index contributed by atoms with van der Waals surface area (Å²) in [5.41, 5.74) is 1.97. The lowest BCUT2D eigenvalue weighted by molar-refractivity contribution is -0.148. The molecule has 2 atom stereocenters. The summed E-state index contributed by atoms with van der Waals surface area (Å²) in [7, 11) is 1.85. The fourth-order valence-electron chi connectivity index (χ4n) is 2.77. The number of carbonyl (C=O) groups is 2. The van der Waals surface area contributed by atoms with Crippen LogP contribution >= 0.6 is 0 Å². The summed E-state index contributed by atoms with van der Waals surface area (Å²) in [6.07, 6.45) is 4.80. The zero-order valence-corrected chi connectivity index (χ0v) is 11.9. The first-order chi connectivity index (χ1) is 9.50. The number of hydrogen-bond donors (Lipinski definition) is 2. The van der Waals surface area contributed by atoms with Crippen LogP contribution in [0.25, 0.3) is 0 Å². The van der Waals surface area contributed by atoms with Crippen LogP contribution in [0.5, 0.6) is 0 Å². The third kappa shape index (κ3) is 3.00. The van der Waals surface area contributed by atoms with E-state index < -0.39 is 17.8 Å². The lowest BCUT2D eigenvalue weighted by Gasteiger charge is -2.27. The Balaban J connectivity index is 1.96. The Morgan fingerprint density at radius 2 is 2.05 bits per heavy atom. The standard InChI is InChI=1S/C14H21N3O3/c1-9-10(8-16-17(9)2)7-15-13(18)11-5-3-4-6-12(11)14(19)20/h8,11-12H,3-7H2,1-2H3,(H,15,18)(H,19,20)/t11-,12-/m1/s1. The van der Waals surface area contributed by atoms with Gasteiger partial charge in [-0.3, -0.25) is 14.3 Å². The second-order valence-electron chi connectivity index (χ2n) is 5.43. The maximum absolute atomic E-state index is 12.2. The van der Waals surface area contributed by atoms with E-state index in [2.05, 4.69) is 10.4 Å². The predicted octanol–water partition coefficient (Wildman–Crippen LogP) is 1.24. The molecule has 2 N–H and O–H groups in total. The van der Waals surface area contributed by atoms with Gasteiger partial charge in [0.15, 0.2) is 0 Å². The van der Waals surface area contributed by atoms with Crippen molar-refractivity contribution in [3.63, 3.8) is 0 Å². The monoisotopic (exact) mass is 279 g/mol. The van der Waals surface area contributed by atoms with E-state index in [0.29, 0.717) is 19.4 Å². The topological polar surface area (TPSA) is 84.2 Å². The van der Waals surface area contributed by atoms with Gasteiger partial charge in [0.1, 0.15) is 0 Å². The molecule has 6 nitrogen and oxygen atoms in total. The molecule has 1 aliphatic rings. The molecular formula is C14H21N3O3. The van der Waals surface area contributed by atoms with Gasteiger partial charge in [0.2, 0.25) is 5.91 Å². The number of aryl methyl sites for hydroxylation is 1. The van der Waals surface area contributed by atoms with Crippen molar-refractivity contribution in [2.24, 2.45) is 18.9 Å². The molecule has 0 radical (unpaired) electrons. The zero-order chi connectivity index (χ0) is 14.7. The number of aromatic nitrogens is 2. The maximum atomic E-state index is 12.2. The van der Waals surface area contributed by atoms with Crippen molar-refractivity contribution < 1.29 is 14.7 Å². The van der Waals surface area contributed by atoms with Crippen molar-refractivity contribution in [1.29, 1.82) is 0 Å². The molecule has 2 rings (SSSR count). The Bertz CT molecular complexity index is 510. The molecule has 0 aromatic carbocycles. The quantitative estimate of drug-likeness (QED) is 0.868. The minimum Gasteiger partial charge on any atom is -0.481 e. The molecule has 20 heavy (non-hydrogen) atoms.